The van der Waals surface area contributed by atoms with E-state index in [9.17, 15) is 0 Å². The molecule has 0 aliphatic heterocycles. The molecule has 1 aromatic heterocycles. The van der Waals surface area contributed by atoms with Gasteiger partial charge in [0.15, 0.2) is 0 Å². The summed E-state index contributed by atoms with van der Waals surface area (Å²) in [5, 5.41) is 2.51. The first-order chi connectivity index (χ1) is 30.8. The Morgan fingerprint density at radius 2 is 1.08 bits per heavy atom. The number of anilines is 2. The Bertz CT molecular complexity index is 3180. The van der Waals surface area contributed by atoms with Gasteiger partial charge >= 0.3 is 0 Å². The van der Waals surface area contributed by atoms with Gasteiger partial charge in [-0.3, -0.25) is 0 Å². The van der Waals surface area contributed by atoms with Gasteiger partial charge in [-0.15, -0.1) is 0 Å². The SMILES string of the molecule is C1=CCC(C2=C(N(c3ccc(-c4ccc(-c5ccccc5)c(-c5ccccc5)c4)cc3)c3cccc(-c4ccc5c(c4)c4ccccc4n5-c4ccccc4)c3)C=CCC2)C=C1. The molecule has 11 rings (SSSR count). The predicted molar refractivity (Wildman–Crippen MR) is 263 cm³/mol. The van der Waals surface area contributed by atoms with Crippen LogP contribution in [0.3, 0.4) is 0 Å². The van der Waals surface area contributed by atoms with Crippen molar-refractivity contribution in [2.75, 3.05) is 4.90 Å². The zero-order chi connectivity index (χ0) is 41.2. The Morgan fingerprint density at radius 3 is 1.85 bits per heavy atom. The average Bonchev–Trinajstić information content (AvgIpc) is 3.69. The molecular formula is C60H46N2. The van der Waals surface area contributed by atoms with Crippen molar-refractivity contribution >= 4 is 33.2 Å². The molecule has 1 atom stereocenters. The Hall–Kier alpha value is -7.68. The van der Waals surface area contributed by atoms with Crippen LogP contribution in [0.2, 0.25) is 0 Å². The molecule has 0 saturated carbocycles. The Balaban J connectivity index is 1.02. The molecule has 0 saturated heterocycles. The minimum absolute atomic E-state index is 0.369. The quantitative estimate of drug-likeness (QED) is 0.141. The highest BCUT2D eigenvalue weighted by atomic mass is 15.1. The molecule has 9 aromatic rings. The van der Waals surface area contributed by atoms with Gasteiger partial charge in [-0.25, -0.2) is 0 Å². The number of nitrogens with zero attached hydrogens (tertiary/aromatic N) is 2. The Morgan fingerprint density at radius 1 is 0.435 bits per heavy atom. The molecule has 2 heteroatoms. The van der Waals surface area contributed by atoms with Gasteiger partial charge in [0.25, 0.3) is 0 Å². The third-order valence-corrected chi connectivity index (χ3v) is 12.6. The predicted octanol–water partition coefficient (Wildman–Crippen LogP) is 16.3. The summed E-state index contributed by atoms with van der Waals surface area (Å²) in [4.78, 5) is 2.50. The zero-order valence-corrected chi connectivity index (χ0v) is 34.6. The van der Waals surface area contributed by atoms with E-state index in [0.717, 1.165) is 30.6 Å². The van der Waals surface area contributed by atoms with Crippen molar-refractivity contribution < 1.29 is 0 Å². The smallest absolute Gasteiger partial charge is 0.0541 e. The first kappa shape index (κ1) is 37.3. The van der Waals surface area contributed by atoms with E-state index in [0.29, 0.717) is 5.92 Å². The number of hydrogen-bond acceptors (Lipinski definition) is 1. The van der Waals surface area contributed by atoms with Crippen LogP contribution in [0.1, 0.15) is 19.3 Å². The van der Waals surface area contributed by atoms with E-state index >= 15 is 0 Å². The van der Waals surface area contributed by atoms with Gasteiger partial charge in [-0.1, -0.05) is 170 Å². The number of benzene rings is 8. The lowest BCUT2D eigenvalue weighted by molar-refractivity contribution is 0.697. The van der Waals surface area contributed by atoms with E-state index < -0.39 is 0 Å². The molecule has 2 nitrogen and oxygen atoms in total. The molecule has 0 fully saturated rings. The fourth-order valence-corrected chi connectivity index (χ4v) is 9.61. The average molecular weight is 795 g/mol. The third-order valence-electron chi connectivity index (χ3n) is 12.6. The second-order valence-corrected chi connectivity index (χ2v) is 16.4. The van der Waals surface area contributed by atoms with E-state index in [-0.39, 0.29) is 0 Å². The fraction of sp³-hybridized carbons (Fsp3) is 0.0667. The highest BCUT2D eigenvalue weighted by Crippen LogP contribution is 2.42. The van der Waals surface area contributed by atoms with Crippen LogP contribution in [-0.4, -0.2) is 4.57 Å². The van der Waals surface area contributed by atoms with Crippen LogP contribution in [-0.2, 0) is 0 Å². The Labute approximate surface area is 364 Å². The molecule has 62 heavy (non-hydrogen) atoms. The molecule has 2 aliphatic carbocycles. The molecule has 0 radical (unpaired) electrons. The van der Waals surface area contributed by atoms with Gasteiger partial charge in [0, 0.05) is 39.4 Å². The highest BCUT2D eigenvalue weighted by Gasteiger charge is 2.24. The topological polar surface area (TPSA) is 8.17 Å². The van der Waals surface area contributed by atoms with E-state index in [1.807, 2.05) is 0 Å². The lowest BCUT2D eigenvalue weighted by Crippen LogP contribution is -2.21. The van der Waals surface area contributed by atoms with Crippen molar-refractivity contribution in [3.63, 3.8) is 0 Å². The van der Waals surface area contributed by atoms with Crippen LogP contribution in [0.25, 0.3) is 72.0 Å². The number of hydrogen-bond donors (Lipinski definition) is 0. The molecule has 1 heterocycles. The summed E-state index contributed by atoms with van der Waals surface area (Å²) in [5.74, 6) is 0.369. The second kappa shape index (κ2) is 16.4. The molecule has 0 spiro atoms. The summed E-state index contributed by atoms with van der Waals surface area (Å²) < 4.78 is 2.38. The van der Waals surface area contributed by atoms with Crippen molar-refractivity contribution in [1.82, 2.24) is 4.57 Å². The maximum absolute atomic E-state index is 2.50. The maximum Gasteiger partial charge on any atom is 0.0541 e. The van der Waals surface area contributed by atoms with Crippen molar-refractivity contribution in [3.05, 3.63) is 248 Å². The van der Waals surface area contributed by atoms with Crippen LogP contribution in [0.15, 0.2) is 248 Å². The molecule has 296 valence electrons. The van der Waals surface area contributed by atoms with Gasteiger partial charge in [0.05, 0.1) is 11.0 Å². The van der Waals surface area contributed by atoms with Gasteiger partial charge in [0.1, 0.15) is 0 Å². The number of allylic oxidation sites excluding steroid dienone is 7. The molecule has 2 aliphatic rings. The lowest BCUT2D eigenvalue weighted by Gasteiger charge is -2.33. The summed E-state index contributed by atoms with van der Waals surface area (Å²) in [5.41, 5.74) is 18.3. The summed E-state index contributed by atoms with van der Waals surface area (Å²) in [7, 11) is 0. The van der Waals surface area contributed by atoms with Crippen LogP contribution in [0.4, 0.5) is 11.4 Å². The summed E-state index contributed by atoms with van der Waals surface area (Å²) >= 11 is 0. The summed E-state index contributed by atoms with van der Waals surface area (Å²) in [6.07, 6.45) is 16.9. The summed E-state index contributed by atoms with van der Waals surface area (Å²) in [6.45, 7) is 0. The van der Waals surface area contributed by atoms with Crippen molar-refractivity contribution in [1.29, 1.82) is 0 Å². The lowest BCUT2D eigenvalue weighted by atomic mass is 9.85. The zero-order valence-electron chi connectivity index (χ0n) is 34.6. The number of rotatable bonds is 9. The second-order valence-electron chi connectivity index (χ2n) is 16.4. The molecule has 1 unspecified atom stereocenters. The molecular weight excluding hydrogens is 749 g/mol. The van der Waals surface area contributed by atoms with Gasteiger partial charge in [0.2, 0.25) is 0 Å². The van der Waals surface area contributed by atoms with Gasteiger partial charge in [-0.2, -0.15) is 0 Å². The minimum Gasteiger partial charge on any atom is -0.311 e. The number of aromatic nitrogens is 1. The number of para-hydroxylation sites is 2. The van der Waals surface area contributed by atoms with Crippen LogP contribution >= 0.6 is 0 Å². The molecule has 8 aromatic carbocycles. The van der Waals surface area contributed by atoms with Gasteiger partial charge < -0.3 is 9.47 Å². The normalized spacial score (nSPS) is 14.8. The van der Waals surface area contributed by atoms with E-state index in [4.69, 9.17) is 0 Å². The minimum atomic E-state index is 0.369. The monoisotopic (exact) mass is 794 g/mol. The maximum atomic E-state index is 2.50. The number of fused-ring (bicyclic) bond motifs is 3. The fourth-order valence-electron chi connectivity index (χ4n) is 9.61. The summed E-state index contributed by atoms with van der Waals surface area (Å²) in [6, 6.07) is 73.1. The van der Waals surface area contributed by atoms with E-state index in [1.165, 1.54) is 83.3 Å². The van der Waals surface area contributed by atoms with E-state index in [2.05, 4.69) is 246 Å². The third kappa shape index (κ3) is 7.00. The van der Waals surface area contributed by atoms with Crippen LogP contribution in [0.5, 0.6) is 0 Å². The van der Waals surface area contributed by atoms with Crippen LogP contribution < -0.4 is 4.90 Å². The Kier molecular flexibility index (Phi) is 9.88. The first-order valence-corrected chi connectivity index (χ1v) is 21.8. The largest absolute Gasteiger partial charge is 0.311 e. The molecule has 0 amide bonds. The van der Waals surface area contributed by atoms with Crippen molar-refractivity contribution in [2.24, 2.45) is 5.92 Å². The molecule has 0 N–H and O–H groups in total. The van der Waals surface area contributed by atoms with Crippen molar-refractivity contribution in [2.45, 2.75) is 19.3 Å². The highest BCUT2D eigenvalue weighted by molar-refractivity contribution is 6.10. The van der Waals surface area contributed by atoms with Crippen molar-refractivity contribution in [3.8, 4) is 50.2 Å². The van der Waals surface area contributed by atoms with Gasteiger partial charge in [-0.05, 0) is 136 Å². The van der Waals surface area contributed by atoms with E-state index in [1.54, 1.807) is 0 Å². The van der Waals surface area contributed by atoms with Crippen LogP contribution in [0, 0.1) is 5.92 Å². The molecule has 0 bridgehead atoms. The standard InChI is InChI=1S/C60H46N2/c1-5-18-44(19-6-1)53-38-34-48(41-56(53)46-22-9-3-10-23-46)43-32-36-51(37-33-43)61(58-30-15-13-28-54(58)45-20-7-2-8-21-45)52-27-17-24-47(40-52)49-35-39-60-57(42-49)55-29-14-16-31-59(55)62(60)50-25-11-4-12-26-50/h1-12,14-20,22-27,29-42,45H,13,21,28H2. The first-order valence-electron chi connectivity index (χ1n) is 21.8.